The summed E-state index contributed by atoms with van der Waals surface area (Å²) < 4.78 is 1.64. The van der Waals surface area contributed by atoms with Crippen LogP contribution in [0.4, 0.5) is 0 Å². The second-order valence-corrected chi connectivity index (χ2v) is 4.39. The molecule has 0 unspecified atom stereocenters. The molecule has 1 aromatic carbocycles. The van der Waals surface area contributed by atoms with Crippen molar-refractivity contribution in [2.24, 2.45) is 0 Å². The molecule has 0 bridgehead atoms. The van der Waals surface area contributed by atoms with Crippen LogP contribution in [0.1, 0.15) is 5.56 Å². The van der Waals surface area contributed by atoms with E-state index >= 15 is 0 Å². The molecule has 3 rings (SSSR count). The van der Waals surface area contributed by atoms with E-state index in [2.05, 4.69) is 15.1 Å². The Hall–Kier alpha value is -2.14. The summed E-state index contributed by atoms with van der Waals surface area (Å²) in [5.74, 6) is 0. The minimum atomic E-state index is -0.196. The van der Waals surface area contributed by atoms with Gasteiger partial charge in [0.15, 0.2) is 5.65 Å². The standard InChI is InChI=1S/C12H9ClN4O/c1-7-4-8(13)2-3-10(7)17-11-9(5-16-17)12(18)15-6-14-11/h2-6H,1H3,(H,14,15,18). The summed E-state index contributed by atoms with van der Waals surface area (Å²) in [6.45, 7) is 1.93. The third-order valence-electron chi connectivity index (χ3n) is 2.76. The summed E-state index contributed by atoms with van der Waals surface area (Å²) >= 11 is 5.92. The van der Waals surface area contributed by atoms with E-state index in [1.807, 2.05) is 19.1 Å². The molecule has 5 nitrogen and oxygen atoms in total. The maximum atomic E-state index is 11.6. The van der Waals surface area contributed by atoms with Crippen molar-refractivity contribution in [1.82, 2.24) is 19.7 Å². The van der Waals surface area contributed by atoms with E-state index in [0.717, 1.165) is 11.3 Å². The van der Waals surface area contributed by atoms with Crippen molar-refractivity contribution in [2.75, 3.05) is 0 Å². The second-order valence-electron chi connectivity index (χ2n) is 3.96. The Morgan fingerprint density at radius 2 is 2.22 bits per heavy atom. The van der Waals surface area contributed by atoms with Gasteiger partial charge in [0, 0.05) is 5.02 Å². The Morgan fingerprint density at radius 1 is 1.39 bits per heavy atom. The Kier molecular flexibility index (Phi) is 2.41. The molecule has 0 fully saturated rings. The maximum absolute atomic E-state index is 11.6. The molecule has 6 heteroatoms. The van der Waals surface area contributed by atoms with Gasteiger partial charge >= 0.3 is 0 Å². The molecule has 0 aliphatic rings. The molecule has 3 aromatic rings. The van der Waals surface area contributed by atoms with Gasteiger partial charge in [-0.2, -0.15) is 5.10 Å². The van der Waals surface area contributed by atoms with Crippen LogP contribution in [0.3, 0.4) is 0 Å². The number of hydrogen-bond donors (Lipinski definition) is 1. The first kappa shape index (κ1) is 11.0. The number of aromatic amines is 1. The minimum absolute atomic E-state index is 0.196. The molecule has 90 valence electrons. The van der Waals surface area contributed by atoms with E-state index in [1.165, 1.54) is 12.5 Å². The first-order valence-corrected chi connectivity index (χ1v) is 5.72. The van der Waals surface area contributed by atoms with Crippen LogP contribution in [0.25, 0.3) is 16.7 Å². The summed E-state index contributed by atoms with van der Waals surface area (Å²) in [6.07, 6.45) is 2.88. The molecule has 2 heterocycles. The number of H-pyrrole nitrogens is 1. The van der Waals surface area contributed by atoms with Crippen LogP contribution in [0, 0.1) is 6.92 Å². The first-order valence-electron chi connectivity index (χ1n) is 5.35. The van der Waals surface area contributed by atoms with Crippen molar-refractivity contribution in [2.45, 2.75) is 6.92 Å². The lowest BCUT2D eigenvalue weighted by Gasteiger charge is -2.06. The highest BCUT2D eigenvalue weighted by atomic mass is 35.5. The van der Waals surface area contributed by atoms with E-state index in [0.29, 0.717) is 16.1 Å². The molecule has 0 saturated carbocycles. The summed E-state index contributed by atoms with van der Waals surface area (Å²) in [7, 11) is 0. The molecule has 0 aliphatic heterocycles. The van der Waals surface area contributed by atoms with Crippen LogP contribution < -0.4 is 5.56 Å². The number of nitrogens with one attached hydrogen (secondary N) is 1. The quantitative estimate of drug-likeness (QED) is 0.728. The molecule has 1 N–H and O–H groups in total. The van der Waals surface area contributed by atoms with E-state index in [1.54, 1.807) is 10.7 Å². The number of halogens is 1. The van der Waals surface area contributed by atoms with Crippen LogP contribution in [0.2, 0.25) is 5.02 Å². The summed E-state index contributed by atoms with van der Waals surface area (Å²) in [5.41, 5.74) is 2.16. The molecular formula is C12H9ClN4O. The third-order valence-corrected chi connectivity index (χ3v) is 2.99. The first-order chi connectivity index (χ1) is 8.66. The zero-order valence-corrected chi connectivity index (χ0v) is 10.3. The highest BCUT2D eigenvalue weighted by Gasteiger charge is 2.10. The van der Waals surface area contributed by atoms with Gasteiger partial charge < -0.3 is 4.98 Å². The van der Waals surface area contributed by atoms with Gasteiger partial charge in [-0.3, -0.25) is 4.79 Å². The van der Waals surface area contributed by atoms with Gasteiger partial charge in [-0.25, -0.2) is 9.67 Å². The molecular weight excluding hydrogens is 252 g/mol. The van der Waals surface area contributed by atoms with Crippen molar-refractivity contribution < 1.29 is 0 Å². The van der Waals surface area contributed by atoms with Crippen LogP contribution in [0.5, 0.6) is 0 Å². The van der Waals surface area contributed by atoms with Gasteiger partial charge in [-0.05, 0) is 30.7 Å². The molecule has 0 aliphatic carbocycles. The topological polar surface area (TPSA) is 63.6 Å². The number of aryl methyl sites for hydroxylation is 1. The predicted octanol–water partition coefficient (Wildman–Crippen LogP) is 2.07. The monoisotopic (exact) mass is 260 g/mol. The molecule has 0 radical (unpaired) electrons. The molecule has 0 spiro atoms. The normalized spacial score (nSPS) is 11.0. The van der Waals surface area contributed by atoms with Gasteiger partial charge in [-0.15, -0.1) is 0 Å². The largest absolute Gasteiger partial charge is 0.312 e. The van der Waals surface area contributed by atoms with Gasteiger partial charge in [0.1, 0.15) is 5.39 Å². The molecule has 0 amide bonds. The fourth-order valence-corrected chi connectivity index (χ4v) is 2.12. The summed E-state index contributed by atoms with van der Waals surface area (Å²) in [4.78, 5) is 18.3. The van der Waals surface area contributed by atoms with Crippen LogP contribution in [-0.2, 0) is 0 Å². The summed E-state index contributed by atoms with van der Waals surface area (Å²) in [5, 5.41) is 5.34. The van der Waals surface area contributed by atoms with E-state index in [4.69, 9.17) is 11.6 Å². The Labute approximate surface area is 107 Å². The smallest absolute Gasteiger partial charge is 0.261 e. The van der Waals surface area contributed by atoms with E-state index < -0.39 is 0 Å². The highest BCUT2D eigenvalue weighted by Crippen LogP contribution is 2.20. The number of benzene rings is 1. The van der Waals surface area contributed by atoms with Crippen LogP contribution in [-0.4, -0.2) is 19.7 Å². The Balaban J connectivity index is 2.32. The van der Waals surface area contributed by atoms with Crippen molar-refractivity contribution in [3.63, 3.8) is 0 Å². The molecule has 18 heavy (non-hydrogen) atoms. The number of fused-ring (bicyclic) bond motifs is 1. The SMILES string of the molecule is Cc1cc(Cl)ccc1-n1ncc2c(=O)[nH]cnc21. The molecule has 2 aromatic heterocycles. The van der Waals surface area contributed by atoms with Crippen molar-refractivity contribution in [3.05, 3.63) is 51.7 Å². The van der Waals surface area contributed by atoms with E-state index in [-0.39, 0.29) is 5.56 Å². The van der Waals surface area contributed by atoms with Crippen molar-refractivity contribution in [1.29, 1.82) is 0 Å². The zero-order chi connectivity index (χ0) is 12.7. The van der Waals surface area contributed by atoms with Crippen LogP contribution >= 0.6 is 11.6 Å². The lowest BCUT2D eigenvalue weighted by atomic mass is 10.2. The van der Waals surface area contributed by atoms with Gasteiger partial charge in [0.25, 0.3) is 5.56 Å². The van der Waals surface area contributed by atoms with E-state index in [9.17, 15) is 4.79 Å². The van der Waals surface area contributed by atoms with Crippen LogP contribution in [0.15, 0.2) is 35.5 Å². The number of aromatic nitrogens is 4. The maximum Gasteiger partial charge on any atom is 0.261 e. The average Bonchev–Trinajstić information content (AvgIpc) is 2.74. The Morgan fingerprint density at radius 3 is 3.00 bits per heavy atom. The second kappa shape index (κ2) is 3.96. The number of rotatable bonds is 1. The number of hydrogen-bond acceptors (Lipinski definition) is 3. The van der Waals surface area contributed by atoms with Gasteiger partial charge in [0.2, 0.25) is 0 Å². The fraction of sp³-hybridized carbons (Fsp3) is 0.0833. The van der Waals surface area contributed by atoms with Gasteiger partial charge in [-0.1, -0.05) is 11.6 Å². The molecule has 0 atom stereocenters. The highest BCUT2D eigenvalue weighted by molar-refractivity contribution is 6.30. The number of nitrogens with zero attached hydrogens (tertiary/aromatic N) is 3. The zero-order valence-electron chi connectivity index (χ0n) is 9.51. The predicted molar refractivity (Wildman–Crippen MR) is 69.2 cm³/mol. The third kappa shape index (κ3) is 1.60. The lowest BCUT2D eigenvalue weighted by Crippen LogP contribution is -2.07. The minimum Gasteiger partial charge on any atom is -0.312 e. The summed E-state index contributed by atoms with van der Waals surface area (Å²) in [6, 6.07) is 5.48. The lowest BCUT2D eigenvalue weighted by molar-refractivity contribution is 0.887. The van der Waals surface area contributed by atoms with Gasteiger partial charge in [0.05, 0.1) is 18.2 Å². The van der Waals surface area contributed by atoms with Crippen molar-refractivity contribution in [3.8, 4) is 5.69 Å². The average molecular weight is 261 g/mol. The fourth-order valence-electron chi connectivity index (χ4n) is 1.89. The van der Waals surface area contributed by atoms with Crippen molar-refractivity contribution >= 4 is 22.6 Å². The Bertz CT molecular complexity index is 790. The molecule has 0 saturated heterocycles.